The molecule has 3 aromatic rings. The first-order chi connectivity index (χ1) is 16.4. The normalized spacial score (nSPS) is 11.8. The van der Waals surface area contributed by atoms with Crippen LogP contribution in [0.2, 0.25) is 10.0 Å². The number of nitrogens with one attached hydrogen (secondary N) is 1. The molecule has 34 heavy (non-hydrogen) atoms. The third-order valence-corrected chi connectivity index (χ3v) is 5.62. The van der Waals surface area contributed by atoms with Crippen molar-refractivity contribution in [2.45, 2.75) is 26.2 Å². The molecule has 3 rings (SSSR count). The van der Waals surface area contributed by atoms with Gasteiger partial charge in [0.15, 0.2) is 6.61 Å². The fourth-order valence-electron chi connectivity index (χ4n) is 2.93. The molecule has 0 radical (unpaired) electrons. The quantitative estimate of drug-likeness (QED) is 0.163. The summed E-state index contributed by atoms with van der Waals surface area (Å²) in [6, 6.07) is 18.9. The van der Waals surface area contributed by atoms with Crippen LogP contribution in [0.4, 0.5) is 0 Å². The number of amides is 1. The van der Waals surface area contributed by atoms with E-state index in [9.17, 15) is 9.59 Å². The Morgan fingerprint density at radius 2 is 1.68 bits per heavy atom. The second kappa shape index (κ2) is 12.2. The molecule has 8 heteroatoms. The number of halogens is 2. The number of ether oxygens (including phenoxy) is 2. The van der Waals surface area contributed by atoms with E-state index >= 15 is 0 Å². The standard InChI is InChI=1S/C26H24Cl2N2O4/c1-3-17(2)19-6-11-21(12-7-19)33-16-25(31)30-29-15-18-4-9-22(10-5-18)34-26(32)23-13-8-20(27)14-24(23)28/h4-15,17H,3,16H2,1-2H3,(H,30,31)/b29-15-/t17-/m1/s1. The molecule has 176 valence electrons. The van der Waals surface area contributed by atoms with E-state index in [4.69, 9.17) is 32.7 Å². The van der Waals surface area contributed by atoms with Gasteiger partial charge in [-0.25, -0.2) is 10.2 Å². The molecule has 3 aromatic carbocycles. The maximum absolute atomic E-state index is 12.3. The Balaban J connectivity index is 1.45. The van der Waals surface area contributed by atoms with Crippen LogP contribution in [0.15, 0.2) is 71.8 Å². The summed E-state index contributed by atoms with van der Waals surface area (Å²) < 4.78 is 10.8. The predicted molar refractivity (Wildman–Crippen MR) is 134 cm³/mol. The van der Waals surface area contributed by atoms with Crippen LogP contribution < -0.4 is 14.9 Å². The third-order valence-electron chi connectivity index (χ3n) is 5.08. The van der Waals surface area contributed by atoms with Crippen molar-refractivity contribution in [1.29, 1.82) is 0 Å². The molecule has 6 nitrogen and oxygen atoms in total. The summed E-state index contributed by atoms with van der Waals surface area (Å²) in [5.74, 6) is 0.466. The van der Waals surface area contributed by atoms with E-state index in [0.717, 1.165) is 6.42 Å². The maximum atomic E-state index is 12.3. The minimum atomic E-state index is -0.593. The first kappa shape index (κ1) is 25.3. The lowest BCUT2D eigenvalue weighted by Gasteiger charge is -2.10. The van der Waals surface area contributed by atoms with Crippen LogP contribution in [-0.2, 0) is 4.79 Å². The summed E-state index contributed by atoms with van der Waals surface area (Å²) in [6.07, 6.45) is 2.53. The number of hydrogen-bond acceptors (Lipinski definition) is 5. The Labute approximate surface area is 208 Å². The molecule has 0 saturated heterocycles. The van der Waals surface area contributed by atoms with Gasteiger partial charge in [0.25, 0.3) is 5.91 Å². The third kappa shape index (κ3) is 7.33. The highest BCUT2D eigenvalue weighted by molar-refractivity contribution is 6.36. The molecule has 1 atom stereocenters. The van der Waals surface area contributed by atoms with Crippen molar-refractivity contribution in [2.24, 2.45) is 5.10 Å². The van der Waals surface area contributed by atoms with Gasteiger partial charge in [-0.15, -0.1) is 0 Å². The Kier molecular flexibility index (Phi) is 9.08. The summed E-state index contributed by atoms with van der Waals surface area (Å²) in [4.78, 5) is 24.2. The van der Waals surface area contributed by atoms with Gasteiger partial charge in [-0.1, -0.05) is 49.2 Å². The number of carbonyl (C=O) groups excluding carboxylic acids is 2. The fourth-order valence-corrected chi connectivity index (χ4v) is 3.41. The molecule has 0 aliphatic heterocycles. The Morgan fingerprint density at radius 1 is 1.00 bits per heavy atom. The Hall–Kier alpha value is -3.35. The molecular weight excluding hydrogens is 475 g/mol. The maximum Gasteiger partial charge on any atom is 0.345 e. The van der Waals surface area contributed by atoms with Gasteiger partial charge in [0.2, 0.25) is 0 Å². The van der Waals surface area contributed by atoms with Gasteiger partial charge in [-0.3, -0.25) is 4.79 Å². The second-order valence-electron chi connectivity index (χ2n) is 7.54. The van der Waals surface area contributed by atoms with Crippen molar-refractivity contribution < 1.29 is 19.1 Å². The molecule has 0 unspecified atom stereocenters. The molecule has 0 heterocycles. The molecule has 0 saturated carbocycles. The van der Waals surface area contributed by atoms with E-state index in [-0.39, 0.29) is 23.1 Å². The van der Waals surface area contributed by atoms with Crippen molar-refractivity contribution in [3.63, 3.8) is 0 Å². The van der Waals surface area contributed by atoms with E-state index in [2.05, 4.69) is 24.4 Å². The van der Waals surface area contributed by atoms with Crippen molar-refractivity contribution in [2.75, 3.05) is 6.61 Å². The average Bonchev–Trinajstić information content (AvgIpc) is 2.83. The van der Waals surface area contributed by atoms with Crippen molar-refractivity contribution in [3.05, 3.63) is 93.5 Å². The van der Waals surface area contributed by atoms with Gasteiger partial charge in [-0.05, 0) is 78.1 Å². The summed E-state index contributed by atoms with van der Waals surface area (Å²) in [5, 5.41) is 4.56. The zero-order valence-corrected chi connectivity index (χ0v) is 20.3. The highest BCUT2D eigenvalue weighted by atomic mass is 35.5. The number of nitrogens with zero attached hydrogens (tertiary/aromatic N) is 1. The number of hydrogen-bond donors (Lipinski definition) is 1. The minimum absolute atomic E-state index is 0.151. The first-order valence-corrected chi connectivity index (χ1v) is 11.4. The van der Waals surface area contributed by atoms with Gasteiger partial charge in [0, 0.05) is 5.02 Å². The van der Waals surface area contributed by atoms with Crippen LogP contribution in [-0.4, -0.2) is 24.7 Å². The molecule has 0 fully saturated rings. The van der Waals surface area contributed by atoms with Crippen LogP contribution in [0.3, 0.4) is 0 Å². The predicted octanol–water partition coefficient (Wildman–Crippen LogP) is 6.26. The smallest absolute Gasteiger partial charge is 0.345 e. The van der Waals surface area contributed by atoms with Crippen LogP contribution in [0.5, 0.6) is 11.5 Å². The molecule has 0 aliphatic rings. The van der Waals surface area contributed by atoms with Crippen molar-refractivity contribution in [3.8, 4) is 11.5 Å². The van der Waals surface area contributed by atoms with Crippen LogP contribution in [0.25, 0.3) is 0 Å². The summed E-state index contributed by atoms with van der Waals surface area (Å²) in [5.41, 5.74) is 4.56. The molecule has 0 aliphatic carbocycles. The topological polar surface area (TPSA) is 77.0 Å². The minimum Gasteiger partial charge on any atom is -0.484 e. The largest absolute Gasteiger partial charge is 0.484 e. The average molecular weight is 499 g/mol. The first-order valence-electron chi connectivity index (χ1n) is 10.7. The lowest BCUT2D eigenvalue weighted by molar-refractivity contribution is -0.123. The van der Waals surface area contributed by atoms with Gasteiger partial charge in [0.1, 0.15) is 11.5 Å². The van der Waals surface area contributed by atoms with E-state index in [1.807, 2.05) is 24.3 Å². The SMILES string of the molecule is CC[C@@H](C)c1ccc(OCC(=O)N/N=C\c2ccc(OC(=O)c3ccc(Cl)cc3Cl)cc2)cc1. The Morgan fingerprint density at radius 3 is 2.32 bits per heavy atom. The zero-order chi connectivity index (χ0) is 24.5. The number of hydrazone groups is 1. The lowest BCUT2D eigenvalue weighted by atomic mass is 9.99. The summed E-state index contributed by atoms with van der Waals surface area (Å²) >= 11 is 11.9. The van der Waals surface area contributed by atoms with Crippen LogP contribution in [0.1, 0.15) is 47.7 Å². The van der Waals surface area contributed by atoms with E-state index in [1.165, 1.54) is 23.9 Å². The lowest BCUT2D eigenvalue weighted by Crippen LogP contribution is -2.24. The van der Waals surface area contributed by atoms with E-state index in [0.29, 0.717) is 28.0 Å². The zero-order valence-electron chi connectivity index (χ0n) is 18.8. The number of rotatable bonds is 9. The monoisotopic (exact) mass is 498 g/mol. The molecule has 1 amide bonds. The number of esters is 1. The van der Waals surface area contributed by atoms with Gasteiger partial charge in [0.05, 0.1) is 16.8 Å². The highest BCUT2D eigenvalue weighted by Crippen LogP contribution is 2.23. The number of carbonyl (C=O) groups is 2. The molecular formula is C26H24Cl2N2O4. The van der Waals surface area contributed by atoms with Crippen LogP contribution >= 0.6 is 23.2 Å². The second-order valence-corrected chi connectivity index (χ2v) is 8.39. The highest BCUT2D eigenvalue weighted by Gasteiger charge is 2.13. The van der Waals surface area contributed by atoms with Crippen LogP contribution in [0, 0.1) is 0 Å². The summed E-state index contributed by atoms with van der Waals surface area (Å²) in [6.45, 7) is 4.16. The molecule has 0 bridgehead atoms. The van der Waals surface area contributed by atoms with Gasteiger partial charge < -0.3 is 9.47 Å². The summed E-state index contributed by atoms with van der Waals surface area (Å²) in [7, 11) is 0. The van der Waals surface area contributed by atoms with Crippen molar-refractivity contribution >= 4 is 41.3 Å². The van der Waals surface area contributed by atoms with Crippen molar-refractivity contribution in [1.82, 2.24) is 5.43 Å². The molecule has 1 N–H and O–H groups in total. The molecule has 0 aromatic heterocycles. The van der Waals surface area contributed by atoms with E-state index < -0.39 is 5.97 Å². The molecule has 0 spiro atoms. The number of benzene rings is 3. The Bertz CT molecular complexity index is 1160. The van der Waals surface area contributed by atoms with Gasteiger partial charge in [-0.2, -0.15) is 5.10 Å². The van der Waals surface area contributed by atoms with Gasteiger partial charge >= 0.3 is 5.97 Å². The fraction of sp³-hybridized carbons (Fsp3) is 0.192. The van der Waals surface area contributed by atoms with E-state index in [1.54, 1.807) is 30.3 Å².